The van der Waals surface area contributed by atoms with Gasteiger partial charge in [-0.25, -0.2) is 23.2 Å². The number of thiol groups is 1. The van der Waals surface area contributed by atoms with E-state index in [1.807, 2.05) is 0 Å². The minimum absolute atomic E-state index is 0.0225. The fourth-order valence-electron chi connectivity index (χ4n) is 4.45. The molecule has 0 bridgehead atoms. The Hall–Kier alpha value is -3.72. The molecule has 2 heterocycles. The zero-order valence-electron chi connectivity index (χ0n) is 21.2. The first-order valence-electron chi connectivity index (χ1n) is 12.2. The molecule has 1 saturated carbocycles. The number of aromatic carboxylic acids is 1. The first-order chi connectivity index (χ1) is 18.5. The van der Waals surface area contributed by atoms with Gasteiger partial charge >= 0.3 is 5.97 Å². The van der Waals surface area contributed by atoms with Crippen LogP contribution in [0.3, 0.4) is 0 Å². The number of hydrogen-bond donors (Lipinski definition) is 3. The summed E-state index contributed by atoms with van der Waals surface area (Å²) in [6.07, 6.45) is 4.36. The third-order valence-electron chi connectivity index (χ3n) is 6.53. The summed E-state index contributed by atoms with van der Waals surface area (Å²) >= 11 is 1.16. The molecular weight excluding hydrogens is 542 g/mol. The van der Waals surface area contributed by atoms with Crippen molar-refractivity contribution in [2.45, 2.75) is 37.5 Å². The van der Waals surface area contributed by atoms with Crippen LogP contribution in [0.4, 0.5) is 8.78 Å². The van der Waals surface area contributed by atoms with Crippen molar-refractivity contribution in [2.24, 2.45) is 11.1 Å². The topological polar surface area (TPSA) is 111 Å². The van der Waals surface area contributed by atoms with Gasteiger partial charge in [-0.05, 0) is 78.1 Å². The van der Waals surface area contributed by atoms with Crippen LogP contribution in [0.2, 0.25) is 0 Å². The SMILES string of the molecule is CC#Cc1cc(-c2nn(-c3nc(C(=O)O)cs3)c(CC3CC3)c2Cc2ccc([SH](C)(N)=O)c(F)c2)ccc1F. The van der Waals surface area contributed by atoms with Gasteiger partial charge in [0, 0.05) is 29.2 Å². The van der Waals surface area contributed by atoms with Crippen molar-refractivity contribution in [3.63, 3.8) is 0 Å². The molecule has 1 aliphatic rings. The van der Waals surface area contributed by atoms with E-state index in [1.165, 1.54) is 29.8 Å². The zero-order valence-corrected chi connectivity index (χ0v) is 23.0. The van der Waals surface area contributed by atoms with Gasteiger partial charge in [0.1, 0.15) is 11.6 Å². The van der Waals surface area contributed by atoms with E-state index >= 15 is 0 Å². The number of carboxylic acid groups (broad SMARTS) is 1. The summed E-state index contributed by atoms with van der Waals surface area (Å²) < 4.78 is 43.3. The highest BCUT2D eigenvalue weighted by atomic mass is 32.3. The molecule has 7 nitrogen and oxygen atoms in total. The minimum Gasteiger partial charge on any atom is -0.476 e. The molecule has 0 spiro atoms. The van der Waals surface area contributed by atoms with Crippen LogP contribution < -0.4 is 5.14 Å². The number of nitrogens with two attached hydrogens (primary N) is 1. The molecule has 5 rings (SSSR count). The van der Waals surface area contributed by atoms with Crippen molar-refractivity contribution in [1.29, 1.82) is 0 Å². The predicted molar refractivity (Wildman–Crippen MR) is 148 cm³/mol. The van der Waals surface area contributed by atoms with Crippen LogP contribution in [0.15, 0.2) is 46.7 Å². The largest absolute Gasteiger partial charge is 0.476 e. The highest BCUT2D eigenvalue weighted by Gasteiger charge is 2.29. The predicted octanol–water partition coefficient (Wildman–Crippen LogP) is 4.77. The lowest BCUT2D eigenvalue weighted by Crippen LogP contribution is -2.22. The molecule has 0 atom stereocenters. The Morgan fingerprint density at radius 1 is 1.23 bits per heavy atom. The van der Waals surface area contributed by atoms with E-state index < -0.39 is 27.7 Å². The molecule has 202 valence electrons. The van der Waals surface area contributed by atoms with Gasteiger partial charge in [0.25, 0.3) is 0 Å². The van der Waals surface area contributed by atoms with Crippen molar-refractivity contribution in [2.75, 3.05) is 6.26 Å². The molecule has 1 fully saturated rings. The van der Waals surface area contributed by atoms with E-state index in [4.69, 9.17) is 10.2 Å². The molecule has 3 N–H and O–H groups in total. The van der Waals surface area contributed by atoms with Gasteiger partial charge in [-0.1, -0.05) is 12.0 Å². The maximum absolute atomic E-state index is 14.9. The second kappa shape index (κ2) is 10.4. The maximum atomic E-state index is 14.9. The Morgan fingerprint density at radius 3 is 2.62 bits per heavy atom. The average molecular weight is 569 g/mol. The van der Waals surface area contributed by atoms with E-state index in [2.05, 4.69) is 16.8 Å². The number of thiazole rings is 1. The first kappa shape index (κ1) is 26.9. The second-order valence-corrected chi connectivity index (χ2v) is 13.0. The van der Waals surface area contributed by atoms with Crippen molar-refractivity contribution in [3.8, 4) is 28.2 Å². The Labute approximate surface area is 229 Å². The summed E-state index contributed by atoms with van der Waals surface area (Å²) in [6, 6.07) is 9.03. The highest BCUT2D eigenvalue weighted by molar-refractivity contribution is 8.00. The summed E-state index contributed by atoms with van der Waals surface area (Å²) in [5.41, 5.74) is 3.53. The van der Waals surface area contributed by atoms with Crippen molar-refractivity contribution in [3.05, 3.63) is 81.5 Å². The molecule has 39 heavy (non-hydrogen) atoms. The molecule has 11 heteroatoms. The van der Waals surface area contributed by atoms with E-state index in [-0.39, 0.29) is 22.6 Å². The molecule has 0 aliphatic heterocycles. The number of carboxylic acids is 1. The molecule has 0 radical (unpaired) electrons. The molecule has 4 aromatic rings. The van der Waals surface area contributed by atoms with Crippen molar-refractivity contribution in [1.82, 2.24) is 14.8 Å². The quantitative estimate of drug-likeness (QED) is 0.210. The van der Waals surface area contributed by atoms with Gasteiger partial charge in [0.2, 0.25) is 5.13 Å². The lowest BCUT2D eigenvalue weighted by Gasteiger charge is -2.15. The fraction of sp³-hybridized carbons (Fsp3) is 0.250. The number of halogens is 2. The fourth-order valence-corrected chi connectivity index (χ4v) is 6.09. The van der Waals surface area contributed by atoms with E-state index in [0.29, 0.717) is 34.3 Å². The Kier molecular flexibility index (Phi) is 7.20. The van der Waals surface area contributed by atoms with E-state index in [1.54, 1.807) is 29.8 Å². The van der Waals surface area contributed by atoms with Crippen LogP contribution in [0, 0.1) is 29.4 Å². The van der Waals surface area contributed by atoms with Gasteiger partial charge < -0.3 is 5.11 Å². The monoisotopic (exact) mass is 568 g/mol. The molecule has 1 aliphatic carbocycles. The van der Waals surface area contributed by atoms with E-state index in [0.717, 1.165) is 35.4 Å². The van der Waals surface area contributed by atoms with Crippen LogP contribution in [0.1, 0.15) is 52.6 Å². The summed E-state index contributed by atoms with van der Waals surface area (Å²) in [5.74, 6) is 3.68. The van der Waals surface area contributed by atoms with Crippen LogP contribution in [-0.2, 0) is 23.0 Å². The number of rotatable bonds is 8. The molecule has 0 unspecified atom stereocenters. The number of nitrogens with zero attached hydrogens (tertiary/aromatic N) is 3. The van der Waals surface area contributed by atoms with Gasteiger partial charge in [-0.2, -0.15) is 5.10 Å². The summed E-state index contributed by atoms with van der Waals surface area (Å²) in [7, 11) is -3.29. The minimum atomic E-state index is -3.29. The Balaban J connectivity index is 1.70. The molecule has 0 amide bonds. The van der Waals surface area contributed by atoms with Crippen LogP contribution in [0.25, 0.3) is 16.4 Å². The molecular formula is C28H26F2N4O3S2. The zero-order chi connectivity index (χ0) is 27.9. The second-order valence-electron chi connectivity index (χ2n) is 9.68. The number of benzene rings is 2. The summed E-state index contributed by atoms with van der Waals surface area (Å²) in [6.45, 7) is 1.62. The Morgan fingerprint density at radius 2 is 2.00 bits per heavy atom. The third kappa shape index (κ3) is 5.68. The van der Waals surface area contributed by atoms with Crippen molar-refractivity contribution >= 4 is 27.4 Å². The standard InChI is InChI=1S/C28H26F2N4O3S2/c1-3-4-18-14-19(8-9-21(18)29)26-20(11-17-7-10-25(22(30)12-17)39(2,31)37)24(13-16-5-6-16)34(33-26)28-32-23(15-38-28)27(35)36/h7-10,12,14-16,39H,5-6,11,13H2,1-2H3,(H2,31,37)(H,35,36). The maximum Gasteiger partial charge on any atom is 0.355 e. The molecule has 0 saturated heterocycles. The van der Waals surface area contributed by atoms with Gasteiger partial charge in [0.15, 0.2) is 5.69 Å². The van der Waals surface area contributed by atoms with Crippen molar-refractivity contribution < 1.29 is 22.9 Å². The highest BCUT2D eigenvalue weighted by Crippen LogP contribution is 2.38. The summed E-state index contributed by atoms with van der Waals surface area (Å²) in [4.78, 5) is 15.8. The van der Waals surface area contributed by atoms with Crippen LogP contribution in [-0.4, -0.2) is 36.3 Å². The van der Waals surface area contributed by atoms with Crippen LogP contribution in [0.5, 0.6) is 0 Å². The summed E-state index contributed by atoms with van der Waals surface area (Å²) in [5, 5.41) is 21.8. The lowest BCUT2D eigenvalue weighted by atomic mass is 9.96. The average Bonchev–Trinajstić information content (AvgIpc) is 3.43. The number of carbonyl (C=O) groups is 1. The van der Waals surface area contributed by atoms with Gasteiger partial charge in [-0.3, -0.25) is 9.35 Å². The first-order valence-corrected chi connectivity index (χ1v) is 15.3. The van der Waals surface area contributed by atoms with E-state index in [9.17, 15) is 22.9 Å². The molecule has 2 aromatic heterocycles. The normalized spacial score (nSPS) is 13.7. The Bertz CT molecular complexity index is 1710. The van der Waals surface area contributed by atoms with Gasteiger partial charge in [-0.15, -0.1) is 17.3 Å². The number of aromatic nitrogens is 3. The molecule has 2 aromatic carbocycles. The van der Waals surface area contributed by atoms with Crippen LogP contribution >= 0.6 is 11.3 Å². The lowest BCUT2D eigenvalue weighted by molar-refractivity contribution is 0.0691. The third-order valence-corrected chi connectivity index (χ3v) is 8.67. The van der Waals surface area contributed by atoms with Gasteiger partial charge in [0.05, 0.1) is 21.8 Å². The number of hydrogen-bond acceptors (Lipinski definition) is 5. The smallest absolute Gasteiger partial charge is 0.355 e.